The van der Waals surface area contributed by atoms with Crippen molar-refractivity contribution in [3.63, 3.8) is 0 Å². The Bertz CT molecular complexity index is 455. The van der Waals surface area contributed by atoms with Crippen LogP contribution < -0.4 is 10.4 Å². The van der Waals surface area contributed by atoms with E-state index in [1.54, 1.807) is 0 Å². The molecule has 1 atom stereocenters. The molecule has 0 bridgehead atoms. The average molecular weight is 150 g/mol. The number of thiocarbonyl (C=S) groups is 1. The Morgan fingerprint density at radius 1 is 1.33 bits per heavy atom. The number of hydrogen-bond donors (Lipinski definition) is 0. The third-order valence-corrected chi connectivity index (χ3v) is 2.95. The second kappa shape index (κ2) is 0.976. The summed E-state index contributed by atoms with van der Waals surface area (Å²) in [5.41, 5.74) is 1.37. The van der Waals surface area contributed by atoms with Crippen LogP contribution in [0.2, 0.25) is 0 Å². The first-order valence-electron chi connectivity index (χ1n) is 2.86. The second-order valence-electron chi connectivity index (χ2n) is 2.54. The highest BCUT2D eigenvalue weighted by molar-refractivity contribution is 7.82. The minimum Gasteiger partial charge on any atom is -0.0835 e. The van der Waals surface area contributed by atoms with Crippen molar-refractivity contribution in [2.45, 2.75) is 0 Å². The molecule has 0 aliphatic heterocycles. The predicted octanol–water partition coefficient (Wildman–Crippen LogP) is 0.236. The third kappa shape index (κ3) is 0.321. The fraction of sp³-hybridized carbons (Fsp3) is 0.143. The Kier molecular flexibility index (Phi) is 0.485. The minimum atomic E-state index is 0.552. The van der Waals surface area contributed by atoms with Crippen LogP contribution in [0.4, 0.5) is 0 Å². The van der Waals surface area contributed by atoms with Crippen LogP contribution in [0.1, 0.15) is 0 Å². The lowest BCUT2D eigenvalue weighted by Gasteiger charge is -1.64. The van der Waals surface area contributed by atoms with E-state index in [0.29, 0.717) is 5.92 Å². The first-order chi connectivity index (χ1) is 4.30. The van der Waals surface area contributed by atoms with Crippen molar-refractivity contribution in [1.29, 1.82) is 0 Å². The number of fused-ring (bicyclic) bond motifs is 2. The Balaban J connectivity index is 2.69. The van der Waals surface area contributed by atoms with Gasteiger partial charge in [-0.2, -0.15) is 0 Å². The zero-order valence-electron chi connectivity index (χ0n) is 4.47. The average Bonchev–Trinajstić information content (AvgIpc) is 2.63. The molecule has 2 aliphatic carbocycles. The predicted molar refractivity (Wildman–Crippen MR) is 42.9 cm³/mol. The molecular weight excluding hydrogens is 148 g/mol. The summed E-state index contributed by atoms with van der Waals surface area (Å²) < 4.78 is 1.07. The molecule has 42 valence electrons. The normalized spacial score (nSPS) is 28.2. The van der Waals surface area contributed by atoms with Crippen LogP contribution in [0, 0.1) is 10.4 Å². The largest absolute Gasteiger partial charge is 0.0835 e. The van der Waals surface area contributed by atoms with Crippen LogP contribution in [0.25, 0.3) is 11.6 Å². The lowest BCUT2D eigenvalue weighted by atomic mass is 10.4. The van der Waals surface area contributed by atoms with Crippen molar-refractivity contribution in [2.24, 2.45) is 5.92 Å². The summed E-state index contributed by atoms with van der Waals surface area (Å²) in [4.78, 5) is 1.13. The SMILES string of the molecule is S=C1C2=c3c(=S)c3=CC12. The fourth-order valence-corrected chi connectivity index (χ4v) is 2.13. The van der Waals surface area contributed by atoms with E-state index in [1.807, 2.05) is 0 Å². The highest BCUT2D eigenvalue weighted by atomic mass is 32.1. The summed E-state index contributed by atoms with van der Waals surface area (Å²) in [6, 6.07) is 0. The van der Waals surface area contributed by atoms with Gasteiger partial charge in [0.05, 0.1) is 4.51 Å². The van der Waals surface area contributed by atoms with Gasteiger partial charge in [-0.25, -0.2) is 0 Å². The molecule has 1 fully saturated rings. The van der Waals surface area contributed by atoms with Crippen molar-refractivity contribution in [3.8, 4) is 0 Å². The first kappa shape index (κ1) is 4.47. The molecule has 2 heteroatoms. The topological polar surface area (TPSA) is 0 Å². The lowest BCUT2D eigenvalue weighted by Crippen LogP contribution is -1.93. The molecule has 2 aliphatic rings. The number of rotatable bonds is 0. The Labute approximate surface area is 62.2 Å². The maximum absolute atomic E-state index is 5.04. The third-order valence-electron chi connectivity index (χ3n) is 2.06. The van der Waals surface area contributed by atoms with E-state index >= 15 is 0 Å². The van der Waals surface area contributed by atoms with Crippen molar-refractivity contribution in [1.82, 2.24) is 0 Å². The van der Waals surface area contributed by atoms with E-state index in [0.717, 1.165) is 9.37 Å². The molecule has 0 N–H and O–H groups in total. The summed E-state index contributed by atoms with van der Waals surface area (Å²) in [6.07, 6.45) is 2.19. The van der Waals surface area contributed by atoms with Crippen LogP contribution in [0.15, 0.2) is 0 Å². The van der Waals surface area contributed by atoms with E-state index in [-0.39, 0.29) is 0 Å². The quantitative estimate of drug-likeness (QED) is 0.486. The van der Waals surface area contributed by atoms with Gasteiger partial charge in [-0.3, -0.25) is 0 Å². The summed E-state index contributed by atoms with van der Waals surface area (Å²) in [5.74, 6) is 0.552. The van der Waals surface area contributed by atoms with Gasteiger partial charge < -0.3 is 0 Å². The Morgan fingerprint density at radius 3 is 2.67 bits per heavy atom. The molecule has 0 nitrogen and oxygen atoms in total. The van der Waals surface area contributed by atoms with E-state index in [1.165, 1.54) is 16.0 Å². The Hall–Kier alpha value is -0.340. The van der Waals surface area contributed by atoms with Crippen molar-refractivity contribution >= 4 is 40.9 Å². The molecule has 3 rings (SSSR count). The smallest absolute Gasteiger partial charge is 0.0535 e. The van der Waals surface area contributed by atoms with E-state index < -0.39 is 0 Å². The molecule has 1 saturated carbocycles. The maximum atomic E-state index is 5.04. The van der Waals surface area contributed by atoms with Crippen LogP contribution in [0.3, 0.4) is 0 Å². The molecule has 1 aromatic carbocycles. The van der Waals surface area contributed by atoms with Gasteiger partial charge in [0.25, 0.3) is 0 Å². The van der Waals surface area contributed by atoms with Gasteiger partial charge in [0.1, 0.15) is 0 Å². The highest BCUT2D eigenvalue weighted by Gasteiger charge is 2.42. The van der Waals surface area contributed by atoms with Crippen LogP contribution in [-0.2, 0) is 0 Å². The second-order valence-corrected chi connectivity index (χ2v) is 3.39. The summed E-state index contributed by atoms with van der Waals surface area (Å²) in [7, 11) is 0. The monoisotopic (exact) mass is 150 g/mol. The van der Waals surface area contributed by atoms with Crippen molar-refractivity contribution in [2.75, 3.05) is 0 Å². The Morgan fingerprint density at radius 2 is 2.11 bits per heavy atom. The molecule has 1 aromatic rings. The van der Waals surface area contributed by atoms with E-state index in [4.69, 9.17) is 24.4 Å². The lowest BCUT2D eigenvalue weighted by molar-refractivity contribution is 1.51. The summed E-state index contributed by atoms with van der Waals surface area (Å²) in [5, 5.41) is 2.64. The van der Waals surface area contributed by atoms with Crippen LogP contribution in [0.5, 0.6) is 0 Å². The first-order valence-corrected chi connectivity index (χ1v) is 3.67. The van der Waals surface area contributed by atoms with Gasteiger partial charge in [-0.1, -0.05) is 30.5 Å². The zero-order chi connectivity index (χ0) is 6.17. The number of hydrogen-bond acceptors (Lipinski definition) is 2. The van der Waals surface area contributed by atoms with Gasteiger partial charge >= 0.3 is 0 Å². The molecule has 0 radical (unpaired) electrons. The summed E-state index contributed by atoms with van der Waals surface area (Å²) >= 11 is 10.1. The van der Waals surface area contributed by atoms with E-state index in [2.05, 4.69) is 6.08 Å². The molecule has 0 amide bonds. The highest BCUT2D eigenvalue weighted by Crippen LogP contribution is 2.39. The van der Waals surface area contributed by atoms with Gasteiger partial charge in [-0.05, 0) is 10.8 Å². The molecular formula is C7H2S2. The van der Waals surface area contributed by atoms with Gasteiger partial charge in [-0.15, -0.1) is 0 Å². The molecule has 0 spiro atoms. The van der Waals surface area contributed by atoms with Crippen molar-refractivity contribution < 1.29 is 0 Å². The van der Waals surface area contributed by atoms with Gasteiger partial charge in [0, 0.05) is 16.0 Å². The molecule has 1 unspecified atom stereocenters. The molecule has 0 heterocycles. The molecule has 0 saturated heterocycles. The molecule has 9 heavy (non-hydrogen) atoms. The van der Waals surface area contributed by atoms with Gasteiger partial charge in [0.2, 0.25) is 0 Å². The minimum absolute atomic E-state index is 0.552. The van der Waals surface area contributed by atoms with E-state index in [9.17, 15) is 0 Å². The van der Waals surface area contributed by atoms with Crippen molar-refractivity contribution in [3.05, 3.63) is 14.9 Å². The van der Waals surface area contributed by atoms with Crippen LogP contribution >= 0.6 is 24.4 Å². The standard InChI is InChI=1S/C7H2S2/c8-6-2-1-3-5(4(2)6)7(3)9/h1-2H. The zero-order valence-corrected chi connectivity index (χ0v) is 6.10. The van der Waals surface area contributed by atoms with Gasteiger partial charge in [0.15, 0.2) is 0 Å². The maximum Gasteiger partial charge on any atom is 0.0535 e. The van der Waals surface area contributed by atoms with Crippen LogP contribution in [-0.4, -0.2) is 4.86 Å². The molecule has 0 aromatic heterocycles. The summed E-state index contributed by atoms with van der Waals surface area (Å²) in [6.45, 7) is 0. The fourth-order valence-electron chi connectivity index (χ4n) is 1.43.